The van der Waals surface area contributed by atoms with E-state index in [0.717, 1.165) is 21.6 Å². The fraction of sp³-hybridized carbons (Fsp3) is 0.160. The van der Waals surface area contributed by atoms with E-state index < -0.39 is 11.2 Å². The SMILES string of the molecule is Cc1cc(C(=O)N(Cc2ccccc2)c2c(N)n(Cc3ccccc3)c(=O)[nH]c2=O)sc1C. The number of anilines is 2. The maximum atomic E-state index is 13.6. The molecule has 2 aromatic heterocycles. The second-order valence-corrected chi connectivity index (χ2v) is 9.05. The maximum Gasteiger partial charge on any atom is 0.330 e. The Morgan fingerprint density at radius 3 is 2.18 bits per heavy atom. The molecule has 2 heterocycles. The molecule has 1 amide bonds. The zero-order chi connectivity index (χ0) is 23.5. The minimum absolute atomic E-state index is 0.0388. The number of aryl methyl sites for hydroxylation is 2. The maximum absolute atomic E-state index is 13.6. The van der Waals surface area contributed by atoms with Crippen LogP contribution in [0.25, 0.3) is 0 Å². The van der Waals surface area contributed by atoms with Gasteiger partial charge in [0.2, 0.25) is 0 Å². The van der Waals surface area contributed by atoms with Gasteiger partial charge in [-0.3, -0.25) is 24.0 Å². The molecule has 0 aliphatic heterocycles. The van der Waals surface area contributed by atoms with Gasteiger partial charge in [0.05, 0.1) is 18.0 Å². The zero-order valence-corrected chi connectivity index (χ0v) is 19.2. The first-order valence-electron chi connectivity index (χ1n) is 10.4. The number of aromatic amines is 1. The Bertz CT molecular complexity index is 1390. The number of rotatable bonds is 6. The zero-order valence-electron chi connectivity index (χ0n) is 18.4. The summed E-state index contributed by atoms with van der Waals surface area (Å²) in [6.07, 6.45) is 0. The molecule has 0 saturated carbocycles. The molecule has 0 atom stereocenters. The van der Waals surface area contributed by atoms with Crippen molar-refractivity contribution in [2.24, 2.45) is 0 Å². The summed E-state index contributed by atoms with van der Waals surface area (Å²) in [5.74, 6) is -0.399. The summed E-state index contributed by atoms with van der Waals surface area (Å²) in [7, 11) is 0. The molecule has 7 nitrogen and oxygen atoms in total. The Morgan fingerprint density at radius 2 is 1.61 bits per heavy atom. The van der Waals surface area contributed by atoms with Gasteiger partial charge in [-0.1, -0.05) is 60.7 Å². The second kappa shape index (κ2) is 9.30. The lowest BCUT2D eigenvalue weighted by Crippen LogP contribution is -2.40. The fourth-order valence-electron chi connectivity index (χ4n) is 3.59. The topological polar surface area (TPSA) is 101 Å². The van der Waals surface area contributed by atoms with Crippen LogP contribution in [0.4, 0.5) is 11.5 Å². The number of hydrogen-bond donors (Lipinski definition) is 2. The number of nitrogens with one attached hydrogen (secondary N) is 1. The van der Waals surface area contributed by atoms with Crippen LogP contribution >= 0.6 is 11.3 Å². The number of thiophene rings is 1. The number of carbonyl (C=O) groups is 1. The molecule has 0 spiro atoms. The number of amides is 1. The Morgan fingerprint density at radius 1 is 1.00 bits per heavy atom. The van der Waals surface area contributed by atoms with E-state index in [1.807, 2.05) is 80.6 Å². The van der Waals surface area contributed by atoms with E-state index in [1.165, 1.54) is 20.8 Å². The van der Waals surface area contributed by atoms with Crippen LogP contribution in [0.15, 0.2) is 76.3 Å². The van der Waals surface area contributed by atoms with Crippen LogP contribution in [0.1, 0.15) is 31.2 Å². The van der Waals surface area contributed by atoms with E-state index in [-0.39, 0.29) is 30.5 Å². The molecule has 4 rings (SSSR count). The molecular formula is C25H24N4O3S. The minimum atomic E-state index is -0.698. The first-order valence-corrected chi connectivity index (χ1v) is 11.3. The minimum Gasteiger partial charge on any atom is -0.383 e. The highest BCUT2D eigenvalue weighted by Crippen LogP contribution is 2.27. The number of carbonyl (C=O) groups excluding carboxylic acids is 1. The molecule has 2 aromatic carbocycles. The van der Waals surface area contributed by atoms with Crippen LogP contribution in [0.5, 0.6) is 0 Å². The number of nitrogen functional groups attached to an aromatic ring is 1. The summed E-state index contributed by atoms with van der Waals surface area (Å²) in [5.41, 5.74) is 7.70. The van der Waals surface area contributed by atoms with Crippen molar-refractivity contribution in [3.05, 3.63) is 114 Å². The van der Waals surface area contributed by atoms with Crippen molar-refractivity contribution in [3.63, 3.8) is 0 Å². The monoisotopic (exact) mass is 460 g/mol. The largest absolute Gasteiger partial charge is 0.383 e. The molecule has 0 unspecified atom stereocenters. The van der Waals surface area contributed by atoms with E-state index in [9.17, 15) is 14.4 Å². The number of nitrogens with two attached hydrogens (primary N) is 1. The van der Waals surface area contributed by atoms with Crippen molar-refractivity contribution in [3.8, 4) is 0 Å². The number of aromatic nitrogens is 2. The quantitative estimate of drug-likeness (QED) is 0.458. The van der Waals surface area contributed by atoms with Crippen molar-refractivity contribution >= 4 is 28.7 Å². The molecule has 0 bridgehead atoms. The normalized spacial score (nSPS) is 10.8. The highest BCUT2D eigenvalue weighted by atomic mass is 32.1. The molecule has 8 heteroatoms. The van der Waals surface area contributed by atoms with E-state index in [4.69, 9.17) is 5.73 Å². The van der Waals surface area contributed by atoms with Crippen LogP contribution < -0.4 is 21.9 Å². The molecular weight excluding hydrogens is 436 g/mol. The van der Waals surface area contributed by atoms with Crippen LogP contribution in [0, 0.1) is 13.8 Å². The third-order valence-corrected chi connectivity index (χ3v) is 6.61. The summed E-state index contributed by atoms with van der Waals surface area (Å²) in [6.45, 7) is 4.18. The standard InChI is InChI=1S/C25H24N4O3S/c1-16-13-20(33-17(16)2)24(31)28(14-18-9-5-3-6-10-18)21-22(26)29(25(32)27-23(21)30)15-19-11-7-4-8-12-19/h3-13H,14-15,26H2,1-2H3,(H,27,30,32). The van der Waals surface area contributed by atoms with Crippen LogP contribution in [-0.2, 0) is 13.1 Å². The Kier molecular flexibility index (Phi) is 6.28. The summed E-state index contributed by atoms with van der Waals surface area (Å²) in [5, 5.41) is 0. The van der Waals surface area contributed by atoms with Crippen LogP contribution in [0.2, 0.25) is 0 Å². The molecule has 0 radical (unpaired) electrons. The molecule has 0 aliphatic rings. The molecule has 0 aliphatic carbocycles. The van der Waals surface area contributed by atoms with E-state index in [2.05, 4.69) is 4.98 Å². The van der Waals surface area contributed by atoms with Gasteiger partial charge in [0.15, 0.2) is 5.69 Å². The number of nitrogens with zero attached hydrogens (tertiary/aromatic N) is 2. The predicted octanol–water partition coefficient (Wildman–Crippen LogP) is 3.69. The lowest BCUT2D eigenvalue weighted by Gasteiger charge is -2.24. The third-order valence-electron chi connectivity index (χ3n) is 5.47. The Labute approximate surface area is 194 Å². The number of H-pyrrole nitrogens is 1. The molecule has 4 aromatic rings. The average Bonchev–Trinajstić information content (AvgIpc) is 3.15. The fourth-order valence-corrected chi connectivity index (χ4v) is 4.57. The summed E-state index contributed by atoms with van der Waals surface area (Å²) in [4.78, 5) is 44.4. The van der Waals surface area contributed by atoms with Crippen LogP contribution in [-0.4, -0.2) is 15.5 Å². The summed E-state index contributed by atoms with van der Waals surface area (Å²) >= 11 is 1.36. The lowest BCUT2D eigenvalue weighted by atomic mass is 10.2. The highest BCUT2D eigenvalue weighted by Gasteiger charge is 2.27. The Balaban J connectivity index is 1.85. The lowest BCUT2D eigenvalue weighted by molar-refractivity contribution is 0.0988. The molecule has 3 N–H and O–H groups in total. The van der Waals surface area contributed by atoms with Gasteiger partial charge < -0.3 is 5.73 Å². The highest BCUT2D eigenvalue weighted by molar-refractivity contribution is 7.14. The summed E-state index contributed by atoms with van der Waals surface area (Å²) in [6, 6.07) is 20.5. The van der Waals surface area contributed by atoms with Crippen LogP contribution in [0.3, 0.4) is 0 Å². The van der Waals surface area contributed by atoms with E-state index in [1.54, 1.807) is 0 Å². The van der Waals surface area contributed by atoms with Crippen molar-refractivity contribution in [2.45, 2.75) is 26.9 Å². The van der Waals surface area contributed by atoms with Gasteiger partial charge in [0.1, 0.15) is 5.82 Å². The van der Waals surface area contributed by atoms with Gasteiger partial charge >= 0.3 is 5.69 Å². The Hall–Kier alpha value is -3.91. The third kappa shape index (κ3) is 4.65. The second-order valence-electron chi connectivity index (χ2n) is 7.79. The van der Waals surface area contributed by atoms with E-state index >= 15 is 0 Å². The van der Waals surface area contributed by atoms with Gasteiger partial charge in [-0.05, 0) is 36.6 Å². The first kappa shape index (κ1) is 22.3. The van der Waals surface area contributed by atoms with E-state index in [0.29, 0.717) is 4.88 Å². The van der Waals surface area contributed by atoms with Gasteiger partial charge in [-0.2, -0.15) is 0 Å². The molecule has 0 fully saturated rings. The molecule has 0 saturated heterocycles. The number of hydrogen-bond acceptors (Lipinski definition) is 5. The number of benzene rings is 2. The first-order chi connectivity index (χ1) is 15.8. The van der Waals surface area contributed by atoms with Crippen molar-refractivity contribution < 1.29 is 4.79 Å². The average molecular weight is 461 g/mol. The summed E-state index contributed by atoms with van der Waals surface area (Å²) < 4.78 is 1.28. The van der Waals surface area contributed by atoms with Gasteiger partial charge in [-0.15, -0.1) is 11.3 Å². The van der Waals surface area contributed by atoms with Crippen molar-refractivity contribution in [1.29, 1.82) is 0 Å². The van der Waals surface area contributed by atoms with Gasteiger partial charge in [0, 0.05) is 4.88 Å². The smallest absolute Gasteiger partial charge is 0.330 e. The molecule has 33 heavy (non-hydrogen) atoms. The van der Waals surface area contributed by atoms with Gasteiger partial charge in [-0.25, -0.2) is 4.79 Å². The van der Waals surface area contributed by atoms with Crippen molar-refractivity contribution in [1.82, 2.24) is 9.55 Å². The van der Waals surface area contributed by atoms with Gasteiger partial charge in [0.25, 0.3) is 11.5 Å². The predicted molar refractivity (Wildman–Crippen MR) is 132 cm³/mol. The van der Waals surface area contributed by atoms with Crippen molar-refractivity contribution in [2.75, 3.05) is 10.6 Å². The molecule has 168 valence electrons.